The summed E-state index contributed by atoms with van der Waals surface area (Å²) in [6.07, 6.45) is 0.901. The fourth-order valence-corrected chi connectivity index (χ4v) is 2.79. The number of methoxy groups -OCH3 is 3. The lowest BCUT2D eigenvalue weighted by Crippen LogP contribution is -2.05. The molecular weight excluding hydrogens is 348 g/mol. The molecule has 4 nitrogen and oxygen atoms in total. The second-order valence-electron chi connectivity index (χ2n) is 4.62. The van der Waals surface area contributed by atoms with E-state index < -0.39 is 5.92 Å². The van der Waals surface area contributed by atoms with Gasteiger partial charge in [-0.3, -0.25) is 0 Å². The van der Waals surface area contributed by atoms with Gasteiger partial charge in [0, 0.05) is 11.6 Å². The number of aldehydes is 1. The first-order valence-electron chi connectivity index (χ1n) is 6.65. The molecule has 2 rings (SSSR count). The Bertz CT molecular complexity index is 652. The van der Waals surface area contributed by atoms with Crippen molar-refractivity contribution >= 4 is 22.2 Å². The van der Waals surface area contributed by atoms with Gasteiger partial charge in [0.25, 0.3) is 0 Å². The molecule has 0 N–H and O–H groups in total. The second-order valence-corrected chi connectivity index (χ2v) is 5.47. The van der Waals surface area contributed by atoms with E-state index in [2.05, 4.69) is 15.9 Å². The average Bonchev–Trinajstić information content (AvgIpc) is 2.56. The molecular formula is C17H17BrO4. The van der Waals surface area contributed by atoms with Crippen LogP contribution in [-0.2, 0) is 4.79 Å². The zero-order valence-corrected chi connectivity index (χ0v) is 14.2. The molecule has 0 bridgehead atoms. The number of carbonyl (C=O) groups excluding carboxylic acids is 1. The maximum Gasteiger partial charge on any atom is 0.136 e. The maximum absolute atomic E-state index is 11.7. The van der Waals surface area contributed by atoms with Crippen LogP contribution < -0.4 is 14.2 Å². The lowest BCUT2D eigenvalue weighted by molar-refractivity contribution is -0.108. The first kappa shape index (κ1) is 16.4. The average molecular weight is 365 g/mol. The van der Waals surface area contributed by atoms with E-state index >= 15 is 0 Å². The molecule has 0 fully saturated rings. The van der Waals surface area contributed by atoms with E-state index in [9.17, 15) is 4.79 Å². The highest BCUT2D eigenvalue weighted by Crippen LogP contribution is 2.38. The van der Waals surface area contributed by atoms with E-state index in [4.69, 9.17) is 14.2 Å². The normalized spacial score (nSPS) is 11.6. The molecule has 0 aliphatic carbocycles. The van der Waals surface area contributed by atoms with Gasteiger partial charge in [-0.05, 0) is 39.7 Å². The Morgan fingerprint density at radius 1 is 0.955 bits per heavy atom. The minimum Gasteiger partial charge on any atom is -0.497 e. The van der Waals surface area contributed by atoms with Crippen molar-refractivity contribution in [1.82, 2.24) is 0 Å². The Balaban J connectivity index is 2.49. The molecule has 2 aromatic carbocycles. The van der Waals surface area contributed by atoms with E-state index in [1.165, 1.54) is 0 Å². The lowest BCUT2D eigenvalue weighted by Gasteiger charge is -2.17. The van der Waals surface area contributed by atoms with Crippen molar-refractivity contribution in [2.24, 2.45) is 0 Å². The monoisotopic (exact) mass is 364 g/mol. The minimum atomic E-state index is -0.428. The molecule has 0 heterocycles. The lowest BCUT2D eigenvalue weighted by atomic mass is 9.91. The van der Waals surface area contributed by atoms with Crippen LogP contribution in [0.25, 0.3) is 0 Å². The standard InChI is InChI=1S/C17H17BrO4/c1-20-12-6-4-11(5-7-12)14(10-19)13-8-15(18)17(22-3)9-16(13)21-2/h4-10,14H,1-3H3. The first-order valence-corrected chi connectivity index (χ1v) is 7.44. The van der Waals surface area contributed by atoms with Gasteiger partial charge in [-0.1, -0.05) is 12.1 Å². The van der Waals surface area contributed by atoms with Crippen molar-refractivity contribution in [3.8, 4) is 17.2 Å². The number of carbonyl (C=O) groups is 1. The van der Waals surface area contributed by atoms with Crippen LogP contribution in [0.1, 0.15) is 17.0 Å². The van der Waals surface area contributed by atoms with Gasteiger partial charge in [-0.25, -0.2) is 0 Å². The topological polar surface area (TPSA) is 44.8 Å². The molecule has 1 atom stereocenters. The molecule has 0 saturated carbocycles. The zero-order chi connectivity index (χ0) is 16.1. The largest absolute Gasteiger partial charge is 0.497 e. The van der Waals surface area contributed by atoms with E-state index in [-0.39, 0.29) is 0 Å². The van der Waals surface area contributed by atoms with Gasteiger partial charge < -0.3 is 19.0 Å². The summed E-state index contributed by atoms with van der Waals surface area (Å²) in [5.41, 5.74) is 1.64. The number of hydrogen-bond acceptors (Lipinski definition) is 4. The SMILES string of the molecule is COc1ccc(C(C=O)c2cc(Br)c(OC)cc2OC)cc1. The molecule has 0 amide bonds. The number of rotatable bonds is 6. The highest BCUT2D eigenvalue weighted by Gasteiger charge is 2.20. The van der Waals surface area contributed by atoms with Crippen molar-refractivity contribution in [2.45, 2.75) is 5.92 Å². The molecule has 0 aliphatic rings. The van der Waals surface area contributed by atoms with Crippen molar-refractivity contribution in [1.29, 1.82) is 0 Å². The first-order chi connectivity index (χ1) is 10.6. The predicted octanol–water partition coefficient (Wildman–Crippen LogP) is 3.81. The third kappa shape index (κ3) is 3.25. The van der Waals surface area contributed by atoms with Crippen molar-refractivity contribution in [3.05, 3.63) is 52.0 Å². The third-order valence-corrected chi connectivity index (χ3v) is 4.07. The van der Waals surface area contributed by atoms with Gasteiger partial charge in [-0.15, -0.1) is 0 Å². The maximum atomic E-state index is 11.7. The predicted molar refractivity (Wildman–Crippen MR) is 88.1 cm³/mol. The van der Waals surface area contributed by atoms with Gasteiger partial charge in [0.15, 0.2) is 0 Å². The van der Waals surface area contributed by atoms with Crippen LogP contribution >= 0.6 is 15.9 Å². The van der Waals surface area contributed by atoms with Gasteiger partial charge in [0.05, 0.1) is 31.7 Å². The second kappa shape index (κ2) is 7.31. The molecule has 0 aromatic heterocycles. The summed E-state index contributed by atoms with van der Waals surface area (Å²) in [6.45, 7) is 0. The van der Waals surface area contributed by atoms with Crippen LogP contribution in [0, 0.1) is 0 Å². The molecule has 22 heavy (non-hydrogen) atoms. The van der Waals surface area contributed by atoms with Crippen molar-refractivity contribution in [3.63, 3.8) is 0 Å². The van der Waals surface area contributed by atoms with E-state index in [1.807, 2.05) is 30.3 Å². The molecule has 0 saturated heterocycles. The fraction of sp³-hybridized carbons (Fsp3) is 0.235. The summed E-state index contributed by atoms with van der Waals surface area (Å²) in [5, 5.41) is 0. The Labute approximate surface area is 138 Å². The van der Waals surface area contributed by atoms with Crippen molar-refractivity contribution in [2.75, 3.05) is 21.3 Å². The Hall–Kier alpha value is -2.01. The Morgan fingerprint density at radius 3 is 2.09 bits per heavy atom. The summed E-state index contributed by atoms with van der Waals surface area (Å²) in [6, 6.07) is 11.0. The smallest absolute Gasteiger partial charge is 0.136 e. The number of halogens is 1. The van der Waals surface area contributed by atoms with Gasteiger partial charge >= 0.3 is 0 Å². The molecule has 1 unspecified atom stereocenters. The van der Waals surface area contributed by atoms with E-state index in [0.29, 0.717) is 11.5 Å². The molecule has 0 aliphatic heterocycles. The van der Waals surface area contributed by atoms with Crippen LogP contribution in [0.3, 0.4) is 0 Å². The number of benzene rings is 2. The Morgan fingerprint density at radius 2 is 1.59 bits per heavy atom. The van der Waals surface area contributed by atoms with Gasteiger partial charge in [-0.2, -0.15) is 0 Å². The van der Waals surface area contributed by atoms with Gasteiger partial charge in [0.2, 0.25) is 0 Å². The highest BCUT2D eigenvalue weighted by atomic mass is 79.9. The third-order valence-electron chi connectivity index (χ3n) is 3.45. The summed E-state index contributed by atoms with van der Waals surface area (Å²) < 4.78 is 16.6. The minimum absolute atomic E-state index is 0.428. The van der Waals surface area contributed by atoms with Crippen LogP contribution in [-0.4, -0.2) is 27.6 Å². The van der Waals surface area contributed by atoms with Gasteiger partial charge in [0.1, 0.15) is 23.5 Å². The highest BCUT2D eigenvalue weighted by molar-refractivity contribution is 9.10. The van der Waals surface area contributed by atoms with Crippen LogP contribution in [0.4, 0.5) is 0 Å². The van der Waals surface area contributed by atoms with E-state index in [1.54, 1.807) is 27.4 Å². The molecule has 2 aromatic rings. The summed E-state index contributed by atoms with van der Waals surface area (Å²) in [4.78, 5) is 11.7. The number of ether oxygens (including phenoxy) is 3. The molecule has 116 valence electrons. The number of hydrogen-bond donors (Lipinski definition) is 0. The summed E-state index contributed by atoms with van der Waals surface area (Å²) in [7, 11) is 4.76. The fourth-order valence-electron chi connectivity index (χ4n) is 2.27. The van der Waals surface area contributed by atoms with Crippen LogP contribution in [0.5, 0.6) is 17.2 Å². The molecule has 5 heteroatoms. The van der Waals surface area contributed by atoms with Crippen LogP contribution in [0.2, 0.25) is 0 Å². The zero-order valence-electron chi connectivity index (χ0n) is 12.6. The summed E-state index contributed by atoms with van der Waals surface area (Å²) >= 11 is 3.45. The quantitative estimate of drug-likeness (QED) is 0.731. The van der Waals surface area contributed by atoms with Crippen molar-refractivity contribution < 1.29 is 19.0 Å². The molecule has 0 spiro atoms. The summed E-state index contributed by atoms with van der Waals surface area (Å²) in [5.74, 6) is 1.58. The molecule has 0 radical (unpaired) electrons. The Kier molecular flexibility index (Phi) is 5.44. The van der Waals surface area contributed by atoms with E-state index in [0.717, 1.165) is 27.6 Å². The van der Waals surface area contributed by atoms with Crippen LogP contribution in [0.15, 0.2) is 40.9 Å².